The van der Waals surface area contributed by atoms with Crippen LogP contribution in [0, 0.1) is 0 Å². The van der Waals surface area contributed by atoms with E-state index in [1.54, 1.807) is 0 Å². The van der Waals surface area contributed by atoms with Gasteiger partial charge in [-0.1, -0.05) is 6.92 Å². The van der Waals surface area contributed by atoms with Gasteiger partial charge in [0.05, 0.1) is 7.11 Å². The van der Waals surface area contributed by atoms with Crippen LogP contribution in [0.3, 0.4) is 0 Å². The molecule has 0 aromatic rings. The molecule has 0 aliphatic carbocycles. The van der Waals surface area contributed by atoms with Crippen LogP contribution in [0.1, 0.15) is 13.3 Å². The van der Waals surface area contributed by atoms with E-state index in [9.17, 15) is 22.8 Å². The van der Waals surface area contributed by atoms with E-state index in [1.165, 1.54) is 0 Å². The molecule has 0 heterocycles. The number of aliphatic hydroxyl groups is 1. The Morgan fingerprint density at radius 1 is 1.36 bits per heavy atom. The number of carbonyl (C=O) groups excluding carboxylic acids is 2. The fraction of sp³-hybridized carbons (Fsp3) is 0.714. The first-order chi connectivity index (χ1) is 6.21. The summed E-state index contributed by atoms with van der Waals surface area (Å²) in [6, 6.07) is 0. The molecule has 0 fully saturated rings. The number of rotatable bonds is 3. The summed E-state index contributed by atoms with van der Waals surface area (Å²) in [7, 11) is 0.655. The third-order valence-electron chi connectivity index (χ3n) is 1.62. The Labute approximate surface area is 77.7 Å². The summed E-state index contributed by atoms with van der Waals surface area (Å²) in [4.78, 5) is 21.5. The monoisotopic (exact) mass is 214 g/mol. The molecule has 0 aromatic heterocycles. The molecular formula is C7H9F3O4. The second kappa shape index (κ2) is 3.95. The van der Waals surface area contributed by atoms with E-state index in [4.69, 9.17) is 5.11 Å². The van der Waals surface area contributed by atoms with Crippen molar-refractivity contribution in [3.05, 3.63) is 0 Å². The molecule has 0 bridgehead atoms. The highest BCUT2D eigenvalue weighted by atomic mass is 19.4. The van der Waals surface area contributed by atoms with Gasteiger partial charge in [-0.15, -0.1) is 0 Å². The number of hydrogen-bond acceptors (Lipinski definition) is 4. The number of esters is 1. The summed E-state index contributed by atoms with van der Waals surface area (Å²) in [5.74, 6) is -3.66. The molecule has 0 radical (unpaired) electrons. The van der Waals surface area contributed by atoms with Gasteiger partial charge in [-0.3, -0.25) is 4.79 Å². The van der Waals surface area contributed by atoms with Crippen LogP contribution < -0.4 is 0 Å². The minimum atomic E-state index is -5.37. The van der Waals surface area contributed by atoms with E-state index in [2.05, 4.69) is 4.74 Å². The number of ether oxygens (including phenoxy) is 1. The number of carbonyl (C=O) groups is 2. The quantitative estimate of drug-likeness (QED) is 0.546. The molecule has 7 heteroatoms. The van der Waals surface area contributed by atoms with Crippen molar-refractivity contribution >= 4 is 11.8 Å². The van der Waals surface area contributed by atoms with E-state index >= 15 is 0 Å². The van der Waals surface area contributed by atoms with Crippen molar-refractivity contribution in [3.63, 3.8) is 0 Å². The van der Waals surface area contributed by atoms with Crippen molar-refractivity contribution in [2.75, 3.05) is 7.11 Å². The lowest BCUT2D eigenvalue weighted by Gasteiger charge is -2.25. The van der Waals surface area contributed by atoms with Crippen LogP contribution >= 0.6 is 0 Å². The first-order valence-corrected chi connectivity index (χ1v) is 3.62. The zero-order valence-electron chi connectivity index (χ0n) is 7.51. The number of ketones is 1. The van der Waals surface area contributed by atoms with Gasteiger partial charge in [-0.2, -0.15) is 13.2 Å². The minimum absolute atomic E-state index is 0.620. The third kappa shape index (κ3) is 1.87. The lowest BCUT2D eigenvalue weighted by molar-refractivity contribution is -0.252. The summed E-state index contributed by atoms with van der Waals surface area (Å²) < 4.78 is 40.4. The Balaban J connectivity index is 5.27. The van der Waals surface area contributed by atoms with Crippen LogP contribution in [0.2, 0.25) is 0 Å². The molecule has 0 aliphatic rings. The van der Waals surface area contributed by atoms with Gasteiger partial charge in [0, 0.05) is 6.42 Å². The van der Waals surface area contributed by atoms with Crippen LogP contribution in [0.4, 0.5) is 13.2 Å². The number of halogens is 3. The highest BCUT2D eigenvalue weighted by Crippen LogP contribution is 2.33. The largest absolute Gasteiger partial charge is 0.466 e. The lowest BCUT2D eigenvalue weighted by atomic mass is 9.96. The van der Waals surface area contributed by atoms with E-state index in [-0.39, 0.29) is 0 Å². The average molecular weight is 214 g/mol. The van der Waals surface area contributed by atoms with Gasteiger partial charge in [0.2, 0.25) is 0 Å². The zero-order valence-corrected chi connectivity index (χ0v) is 7.51. The molecule has 0 saturated heterocycles. The second-order valence-corrected chi connectivity index (χ2v) is 2.48. The Morgan fingerprint density at radius 3 is 2.00 bits per heavy atom. The molecule has 0 aliphatic heterocycles. The van der Waals surface area contributed by atoms with Crippen molar-refractivity contribution in [2.45, 2.75) is 25.1 Å². The summed E-state index contributed by atoms with van der Waals surface area (Å²) in [5.41, 5.74) is -4.05. The highest BCUT2D eigenvalue weighted by Gasteiger charge is 2.65. The molecule has 1 N–H and O–H groups in total. The summed E-state index contributed by atoms with van der Waals surface area (Å²) in [5, 5.41) is 8.94. The topological polar surface area (TPSA) is 63.6 Å². The van der Waals surface area contributed by atoms with Gasteiger partial charge in [0.15, 0.2) is 5.78 Å². The van der Waals surface area contributed by atoms with Crippen LogP contribution in [0.15, 0.2) is 0 Å². The molecule has 14 heavy (non-hydrogen) atoms. The van der Waals surface area contributed by atoms with Crippen LogP contribution in [-0.2, 0) is 14.3 Å². The summed E-state index contributed by atoms with van der Waals surface area (Å²) in [6.07, 6.45) is -5.99. The van der Waals surface area contributed by atoms with Gasteiger partial charge in [-0.25, -0.2) is 4.79 Å². The van der Waals surface area contributed by atoms with E-state index in [0.717, 1.165) is 6.92 Å². The van der Waals surface area contributed by atoms with Crippen molar-refractivity contribution in [2.24, 2.45) is 0 Å². The molecule has 0 aromatic carbocycles. The molecule has 1 atom stereocenters. The van der Waals surface area contributed by atoms with E-state index in [0.29, 0.717) is 7.11 Å². The Hall–Kier alpha value is -1.11. The fourth-order valence-corrected chi connectivity index (χ4v) is 0.791. The normalized spacial score (nSPS) is 15.9. The smallest absolute Gasteiger partial charge is 0.435 e. The maximum absolute atomic E-state index is 12.2. The summed E-state index contributed by atoms with van der Waals surface area (Å²) >= 11 is 0. The van der Waals surface area contributed by atoms with Gasteiger partial charge >= 0.3 is 17.7 Å². The number of Topliss-reactive ketones (excluding diaryl/α,β-unsaturated/α-hetero) is 1. The van der Waals surface area contributed by atoms with Gasteiger partial charge in [-0.05, 0) is 0 Å². The van der Waals surface area contributed by atoms with Gasteiger partial charge < -0.3 is 9.84 Å². The molecule has 0 saturated carbocycles. The molecule has 82 valence electrons. The van der Waals surface area contributed by atoms with Crippen molar-refractivity contribution in [1.82, 2.24) is 0 Å². The first kappa shape index (κ1) is 12.9. The lowest BCUT2D eigenvalue weighted by Crippen LogP contribution is -2.58. The molecule has 0 amide bonds. The maximum atomic E-state index is 12.2. The first-order valence-electron chi connectivity index (χ1n) is 3.62. The van der Waals surface area contributed by atoms with Crippen molar-refractivity contribution in [1.29, 1.82) is 0 Å². The number of methoxy groups -OCH3 is 1. The average Bonchev–Trinajstić information content (AvgIpc) is 2.12. The van der Waals surface area contributed by atoms with Crippen LogP contribution in [0.25, 0.3) is 0 Å². The Bertz CT molecular complexity index is 230. The predicted molar refractivity (Wildman–Crippen MR) is 38.3 cm³/mol. The standard InChI is InChI=1S/C7H9F3O4/c1-3-4(11)6(13,5(12)14-2)7(8,9)10/h13H,3H2,1-2H3. The highest BCUT2D eigenvalue weighted by molar-refractivity contribution is 6.07. The molecule has 0 rings (SSSR count). The fourth-order valence-electron chi connectivity index (χ4n) is 0.791. The SMILES string of the molecule is CCC(=O)C(O)(C(=O)OC)C(F)(F)F. The third-order valence-corrected chi connectivity index (χ3v) is 1.62. The van der Waals surface area contributed by atoms with Crippen LogP contribution in [-0.4, -0.2) is 35.7 Å². The van der Waals surface area contributed by atoms with E-state index in [1.807, 2.05) is 0 Å². The van der Waals surface area contributed by atoms with Gasteiger partial charge in [0.1, 0.15) is 0 Å². The van der Waals surface area contributed by atoms with E-state index < -0.39 is 30.0 Å². The summed E-state index contributed by atoms with van der Waals surface area (Å²) in [6.45, 7) is 1.10. The Morgan fingerprint density at radius 2 is 1.79 bits per heavy atom. The minimum Gasteiger partial charge on any atom is -0.466 e. The molecule has 4 nitrogen and oxygen atoms in total. The predicted octanol–water partition coefficient (Wildman–Crippen LogP) is 0.432. The molecular weight excluding hydrogens is 205 g/mol. The van der Waals surface area contributed by atoms with Crippen LogP contribution in [0.5, 0.6) is 0 Å². The Kier molecular flexibility index (Phi) is 3.64. The number of alkyl halides is 3. The second-order valence-electron chi connectivity index (χ2n) is 2.48. The molecule has 0 spiro atoms. The maximum Gasteiger partial charge on any atom is 0.435 e. The zero-order chi connectivity index (χ0) is 11.6. The van der Waals surface area contributed by atoms with Crippen molar-refractivity contribution < 1.29 is 32.6 Å². The van der Waals surface area contributed by atoms with Gasteiger partial charge in [0.25, 0.3) is 0 Å². The number of hydrogen-bond donors (Lipinski definition) is 1. The van der Waals surface area contributed by atoms with Crippen molar-refractivity contribution in [3.8, 4) is 0 Å². The molecule has 1 unspecified atom stereocenters.